The molecule has 0 spiro atoms. The van der Waals surface area contributed by atoms with Crippen LogP contribution in [0.15, 0.2) is 41.1 Å². The summed E-state index contributed by atoms with van der Waals surface area (Å²) in [6.07, 6.45) is 12.0. The first-order valence-corrected chi connectivity index (χ1v) is 13.5. The number of carbonyl (C=O) groups is 2. The molecule has 1 amide bonds. The maximum Gasteiger partial charge on any atom is 0.311 e. The fourth-order valence-electron chi connectivity index (χ4n) is 4.17. The first-order valence-electron chi connectivity index (χ1n) is 13.5. The fraction of sp³-hybridized carbons (Fsp3) is 0.690. The third-order valence-electron chi connectivity index (χ3n) is 6.76. The highest BCUT2D eigenvalue weighted by Gasteiger charge is 2.27. The molecule has 1 saturated heterocycles. The van der Waals surface area contributed by atoms with Crippen LogP contribution in [-0.4, -0.2) is 68.0 Å². The van der Waals surface area contributed by atoms with Gasteiger partial charge in [0.15, 0.2) is 0 Å². The molecule has 1 heterocycles. The largest absolute Gasteiger partial charge is 0.469 e. The quantitative estimate of drug-likeness (QED) is 0.200. The zero-order valence-electron chi connectivity index (χ0n) is 23.6. The van der Waals surface area contributed by atoms with Gasteiger partial charge in [-0.3, -0.25) is 14.6 Å². The van der Waals surface area contributed by atoms with Crippen molar-refractivity contribution in [2.24, 2.45) is 10.9 Å². The summed E-state index contributed by atoms with van der Waals surface area (Å²) in [6.45, 7) is 15.1. The summed E-state index contributed by atoms with van der Waals surface area (Å²) < 4.78 is 11.1. The molecule has 204 valence electrons. The van der Waals surface area contributed by atoms with Crippen LogP contribution in [0.25, 0.3) is 0 Å². The zero-order chi connectivity index (χ0) is 27.1. The first kappa shape index (κ1) is 31.6. The van der Waals surface area contributed by atoms with Gasteiger partial charge in [-0.1, -0.05) is 51.0 Å². The normalized spacial score (nSPS) is 20.0. The lowest BCUT2D eigenvalue weighted by atomic mass is 10.0. The number of ether oxygens (including phenoxy) is 2. The molecular weight excluding hydrogens is 454 g/mol. The van der Waals surface area contributed by atoms with Crippen LogP contribution in [0.2, 0.25) is 0 Å². The lowest BCUT2D eigenvalue weighted by molar-refractivity contribution is -0.148. The SMILES string of the molecule is C=C(/C=C\CC)CC(CO[C@@H](C)C(C)N=C(/C=C(/CC)NC)C(=O)N1CCCCC[C@H]1C)C(=O)OC. The van der Waals surface area contributed by atoms with Crippen molar-refractivity contribution in [2.75, 3.05) is 27.3 Å². The summed E-state index contributed by atoms with van der Waals surface area (Å²) in [7, 11) is 3.25. The smallest absolute Gasteiger partial charge is 0.311 e. The second-order valence-corrected chi connectivity index (χ2v) is 9.66. The number of carbonyl (C=O) groups excluding carboxylic acids is 2. The molecular formula is C29H49N3O4. The molecule has 0 aliphatic carbocycles. The Morgan fingerprint density at radius 1 is 1.22 bits per heavy atom. The lowest BCUT2D eigenvalue weighted by Gasteiger charge is -2.28. The van der Waals surface area contributed by atoms with E-state index in [-0.39, 0.29) is 36.7 Å². The first-order chi connectivity index (χ1) is 17.2. The zero-order valence-corrected chi connectivity index (χ0v) is 23.6. The molecule has 1 aliphatic rings. The van der Waals surface area contributed by atoms with Crippen molar-refractivity contribution in [2.45, 2.75) is 97.8 Å². The molecule has 0 bridgehead atoms. The summed E-state index contributed by atoms with van der Waals surface area (Å²) in [4.78, 5) is 32.7. The molecule has 1 N–H and O–H groups in total. The molecule has 36 heavy (non-hydrogen) atoms. The second kappa shape index (κ2) is 17.1. The molecule has 1 rings (SSSR count). The van der Waals surface area contributed by atoms with Gasteiger partial charge in [0.1, 0.15) is 5.71 Å². The standard InChI is InChI=1S/C29H49N3O4/c1-9-11-15-21(3)18-25(29(34)35-8)20-36-24(6)23(5)31-27(19-26(10-2)30-7)28(33)32-17-14-12-13-16-22(32)4/h11,15,19,22-25,30H,3,9-10,12-14,16-18,20H2,1-2,4-8H3/b15-11-,26-19-,31-27?/t22-,23?,24+,25?/m1/s1. The third-order valence-corrected chi connectivity index (χ3v) is 6.76. The minimum atomic E-state index is -0.447. The van der Waals surface area contributed by atoms with E-state index in [2.05, 4.69) is 25.7 Å². The Labute approximate surface area is 219 Å². The van der Waals surface area contributed by atoms with Gasteiger partial charge in [0.05, 0.1) is 31.8 Å². The van der Waals surface area contributed by atoms with E-state index >= 15 is 0 Å². The Morgan fingerprint density at radius 3 is 2.56 bits per heavy atom. The Morgan fingerprint density at radius 2 is 1.94 bits per heavy atom. The number of amides is 1. The third kappa shape index (κ3) is 10.7. The molecule has 1 aliphatic heterocycles. The Bertz CT molecular complexity index is 796. The highest BCUT2D eigenvalue weighted by Crippen LogP contribution is 2.19. The van der Waals surface area contributed by atoms with Crippen LogP contribution in [0, 0.1) is 5.92 Å². The summed E-state index contributed by atoms with van der Waals surface area (Å²) in [5, 5.41) is 3.17. The number of hydrogen-bond acceptors (Lipinski definition) is 6. The van der Waals surface area contributed by atoms with Crippen LogP contribution < -0.4 is 5.32 Å². The molecule has 0 aromatic rings. The van der Waals surface area contributed by atoms with Gasteiger partial charge in [-0.15, -0.1) is 0 Å². The van der Waals surface area contributed by atoms with Crippen LogP contribution in [0.4, 0.5) is 0 Å². The van der Waals surface area contributed by atoms with E-state index in [9.17, 15) is 9.59 Å². The average molecular weight is 504 g/mol. The summed E-state index contributed by atoms with van der Waals surface area (Å²) in [5.41, 5.74) is 2.26. The van der Waals surface area contributed by atoms with Crippen molar-refractivity contribution in [3.8, 4) is 0 Å². The van der Waals surface area contributed by atoms with E-state index < -0.39 is 5.92 Å². The molecule has 7 heteroatoms. The summed E-state index contributed by atoms with van der Waals surface area (Å²) >= 11 is 0. The van der Waals surface area contributed by atoms with Crippen molar-refractivity contribution in [3.63, 3.8) is 0 Å². The van der Waals surface area contributed by atoms with E-state index in [0.29, 0.717) is 12.1 Å². The van der Waals surface area contributed by atoms with E-state index in [4.69, 9.17) is 14.5 Å². The topological polar surface area (TPSA) is 80.2 Å². The molecule has 2 unspecified atom stereocenters. The Balaban J connectivity index is 3.05. The second-order valence-electron chi connectivity index (χ2n) is 9.66. The van der Waals surface area contributed by atoms with E-state index in [1.54, 1.807) is 0 Å². The Hall–Kier alpha value is -2.41. The predicted octanol–water partition coefficient (Wildman–Crippen LogP) is 5.23. The minimum absolute atomic E-state index is 0.0314. The maximum atomic E-state index is 13.6. The van der Waals surface area contributed by atoms with Crippen molar-refractivity contribution >= 4 is 17.6 Å². The number of nitrogens with one attached hydrogen (secondary N) is 1. The van der Waals surface area contributed by atoms with Gasteiger partial charge in [0.25, 0.3) is 5.91 Å². The number of allylic oxidation sites excluding steroid dienone is 4. The number of aliphatic imine (C=N–C) groups is 1. The van der Waals surface area contributed by atoms with Crippen LogP contribution in [0.3, 0.4) is 0 Å². The van der Waals surface area contributed by atoms with Crippen LogP contribution >= 0.6 is 0 Å². The fourth-order valence-corrected chi connectivity index (χ4v) is 4.17. The van der Waals surface area contributed by atoms with Crippen molar-refractivity contribution in [3.05, 3.63) is 36.1 Å². The molecule has 0 saturated carbocycles. The minimum Gasteiger partial charge on any atom is -0.469 e. The molecule has 1 fully saturated rings. The van der Waals surface area contributed by atoms with E-state index in [1.165, 1.54) is 7.11 Å². The molecule has 7 nitrogen and oxygen atoms in total. The van der Waals surface area contributed by atoms with Gasteiger partial charge in [-0.2, -0.15) is 0 Å². The lowest BCUT2D eigenvalue weighted by Crippen LogP contribution is -2.42. The van der Waals surface area contributed by atoms with Gasteiger partial charge in [0.2, 0.25) is 0 Å². The number of nitrogens with zero attached hydrogens (tertiary/aromatic N) is 2. The number of methoxy groups -OCH3 is 1. The van der Waals surface area contributed by atoms with Gasteiger partial charge in [0, 0.05) is 25.3 Å². The Kier molecular flexibility index (Phi) is 15.0. The van der Waals surface area contributed by atoms with E-state index in [0.717, 1.165) is 56.3 Å². The summed E-state index contributed by atoms with van der Waals surface area (Å²) in [5.74, 6) is -0.798. The van der Waals surface area contributed by atoms with Gasteiger partial charge >= 0.3 is 5.97 Å². The highest BCUT2D eigenvalue weighted by molar-refractivity contribution is 6.43. The van der Waals surface area contributed by atoms with Gasteiger partial charge in [-0.25, -0.2) is 0 Å². The monoisotopic (exact) mass is 503 g/mol. The number of hydrogen-bond donors (Lipinski definition) is 1. The average Bonchev–Trinajstić information content (AvgIpc) is 3.10. The maximum absolute atomic E-state index is 13.6. The number of rotatable bonds is 14. The highest BCUT2D eigenvalue weighted by atomic mass is 16.5. The van der Waals surface area contributed by atoms with Gasteiger partial charge < -0.3 is 19.7 Å². The van der Waals surface area contributed by atoms with E-state index in [1.807, 2.05) is 50.9 Å². The number of likely N-dealkylation sites (tertiary alicyclic amines) is 1. The van der Waals surface area contributed by atoms with Crippen LogP contribution in [-0.2, 0) is 19.1 Å². The molecule has 0 aromatic heterocycles. The van der Waals surface area contributed by atoms with Crippen LogP contribution in [0.1, 0.15) is 79.6 Å². The van der Waals surface area contributed by atoms with Crippen molar-refractivity contribution < 1.29 is 19.1 Å². The predicted molar refractivity (Wildman–Crippen MR) is 148 cm³/mol. The number of esters is 1. The van der Waals surface area contributed by atoms with Crippen molar-refractivity contribution in [1.82, 2.24) is 10.2 Å². The summed E-state index contributed by atoms with van der Waals surface area (Å²) in [6, 6.07) is -0.0863. The van der Waals surface area contributed by atoms with Crippen LogP contribution in [0.5, 0.6) is 0 Å². The molecule has 0 aromatic carbocycles. The van der Waals surface area contributed by atoms with Crippen molar-refractivity contribution in [1.29, 1.82) is 0 Å². The molecule has 4 atom stereocenters. The van der Waals surface area contributed by atoms with Gasteiger partial charge in [-0.05, 0) is 59.0 Å². The molecule has 0 radical (unpaired) electrons.